The van der Waals surface area contributed by atoms with Crippen LogP contribution in [0.5, 0.6) is 0 Å². The number of hydrogen-bond donors (Lipinski definition) is 3. The van der Waals surface area contributed by atoms with Crippen LogP contribution in [0.15, 0.2) is 60.9 Å². The summed E-state index contributed by atoms with van der Waals surface area (Å²) < 4.78 is 16.2. The highest BCUT2D eigenvalue weighted by Gasteiger charge is 2.20. The van der Waals surface area contributed by atoms with Crippen LogP contribution in [-0.2, 0) is 0 Å². The molecule has 2 heterocycles. The van der Waals surface area contributed by atoms with Crippen LogP contribution in [0, 0.1) is 5.82 Å². The Balaban J connectivity index is 1.29. The van der Waals surface area contributed by atoms with Gasteiger partial charge in [0.15, 0.2) is 5.82 Å². The summed E-state index contributed by atoms with van der Waals surface area (Å²) >= 11 is 0. The van der Waals surface area contributed by atoms with Gasteiger partial charge in [-0.3, -0.25) is 4.79 Å². The number of nitrogens with two attached hydrogens (primary N) is 1. The van der Waals surface area contributed by atoms with Crippen molar-refractivity contribution in [3.63, 3.8) is 0 Å². The number of carbonyl (C=O) groups is 1. The number of nitrogen functional groups attached to an aromatic ring is 1. The summed E-state index contributed by atoms with van der Waals surface area (Å²) in [6, 6.07) is 14.1. The lowest BCUT2D eigenvalue weighted by Crippen LogP contribution is -2.13. The molecule has 1 saturated carbocycles. The number of benzene rings is 2. The Morgan fingerprint density at radius 2 is 1.85 bits per heavy atom. The van der Waals surface area contributed by atoms with E-state index in [9.17, 15) is 9.18 Å². The van der Waals surface area contributed by atoms with E-state index >= 15 is 0 Å². The minimum atomic E-state index is -0.573. The number of aromatic nitrogens is 5. The Bertz CT molecular complexity index is 1310. The van der Waals surface area contributed by atoms with Crippen molar-refractivity contribution in [1.29, 1.82) is 0 Å². The molecule has 0 unspecified atom stereocenters. The number of nitrogens with zero attached hydrogens (tertiary/aromatic N) is 5. The molecular weight excluding hydrogens is 435 g/mol. The summed E-state index contributed by atoms with van der Waals surface area (Å²) in [5, 5.41) is 14.1. The lowest BCUT2D eigenvalue weighted by molar-refractivity contribution is 0.102. The van der Waals surface area contributed by atoms with E-state index in [-0.39, 0.29) is 17.5 Å². The molecule has 10 heteroatoms. The van der Waals surface area contributed by atoms with Gasteiger partial charge >= 0.3 is 0 Å². The minimum Gasteiger partial charge on any atom is -0.397 e. The van der Waals surface area contributed by atoms with Crippen LogP contribution in [0.3, 0.4) is 0 Å². The zero-order valence-corrected chi connectivity index (χ0v) is 18.3. The number of rotatable bonds is 6. The highest BCUT2D eigenvalue weighted by molar-refractivity contribution is 6.05. The van der Waals surface area contributed by atoms with Crippen LogP contribution in [0.4, 0.5) is 27.4 Å². The Labute approximate surface area is 195 Å². The van der Waals surface area contributed by atoms with Gasteiger partial charge in [-0.05, 0) is 49.2 Å². The van der Waals surface area contributed by atoms with Crippen LogP contribution >= 0.6 is 0 Å². The molecule has 0 aliphatic heterocycles. The summed E-state index contributed by atoms with van der Waals surface area (Å²) in [7, 11) is 0. The van der Waals surface area contributed by atoms with Gasteiger partial charge in [-0.1, -0.05) is 30.2 Å². The summed E-state index contributed by atoms with van der Waals surface area (Å²) in [6.45, 7) is 0. The molecule has 34 heavy (non-hydrogen) atoms. The predicted octanol–water partition coefficient (Wildman–Crippen LogP) is 4.57. The van der Waals surface area contributed by atoms with Gasteiger partial charge in [0.2, 0.25) is 5.95 Å². The molecule has 1 aliphatic rings. The normalized spacial score (nSPS) is 13.7. The number of hydrogen-bond acceptors (Lipinski definition) is 7. The second-order valence-corrected chi connectivity index (χ2v) is 8.16. The van der Waals surface area contributed by atoms with Crippen molar-refractivity contribution in [2.45, 2.75) is 31.7 Å². The number of amides is 1. The van der Waals surface area contributed by atoms with Crippen LogP contribution in [0.1, 0.15) is 42.1 Å². The summed E-state index contributed by atoms with van der Waals surface area (Å²) in [5.41, 5.74) is 8.46. The Morgan fingerprint density at radius 3 is 2.62 bits per heavy atom. The highest BCUT2D eigenvalue weighted by Crippen LogP contribution is 2.30. The largest absolute Gasteiger partial charge is 0.397 e. The third kappa shape index (κ3) is 4.56. The number of nitrogens with one attached hydrogen (secondary N) is 2. The smallest absolute Gasteiger partial charge is 0.255 e. The Kier molecular flexibility index (Phi) is 5.86. The molecule has 5 rings (SSSR count). The maximum atomic E-state index is 14.4. The molecule has 4 N–H and O–H groups in total. The minimum absolute atomic E-state index is 0.0817. The quantitative estimate of drug-likeness (QED) is 0.362. The third-order valence-electron chi connectivity index (χ3n) is 5.81. The Morgan fingerprint density at radius 1 is 1.09 bits per heavy atom. The third-order valence-corrected chi connectivity index (χ3v) is 5.81. The fourth-order valence-corrected chi connectivity index (χ4v) is 3.98. The van der Waals surface area contributed by atoms with E-state index in [0.29, 0.717) is 34.4 Å². The standard InChI is InChI=1S/C24H23FN8O/c25-18-13-27-24(30-22(18)21-14-33(32-31-21)17-5-1-2-6-17)28-16-11-9-15(10-12-16)23(34)29-20-8-4-3-7-19(20)26/h3-4,7-14,17H,1-2,5-6,26H2,(H,29,34)(H,27,28,30). The fourth-order valence-electron chi connectivity index (χ4n) is 3.98. The topological polar surface area (TPSA) is 124 Å². The average molecular weight is 459 g/mol. The first kappa shape index (κ1) is 21.5. The highest BCUT2D eigenvalue weighted by atomic mass is 19.1. The van der Waals surface area contributed by atoms with Gasteiger partial charge in [0.25, 0.3) is 5.91 Å². The molecule has 0 spiro atoms. The first-order valence-corrected chi connectivity index (χ1v) is 11.0. The van der Waals surface area contributed by atoms with Gasteiger partial charge in [-0.2, -0.15) is 0 Å². The summed E-state index contributed by atoms with van der Waals surface area (Å²) in [6.07, 6.45) is 7.26. The average Bonchev–Trinajstić information content (AvgIpc) is 3.54. The van der Waals surface area contributed by atoms with Crippen molar-refractivity contribution >= 4 is 28.9 Å². The Hall–Kier alpha value is -4.34. The van der Waals surface area contributed by atoms with E-state index in [1.807, 2.05) is 0 Å². The molecule has 9 nitrogen and oxygen atoms in total. The molecule has 0 saturated heterocycles. The molecule has 0 radical (unpaired) electrons. The molecule has 4 aromatic rings. The molecule has 1 amide bonds. The van der Waals surface area contributed by atoms with Crippen molar-refractivity contribution in [2.75, 3.05) is 16.4 Å². The van der Waals surface area contributed by atoms with Crippen LogP contribution in [0.25, 0.3) is 11.4 Å². The van der Waals surface area contributed by atoms with Gasteiger partial charge in [0.1, 0.15) is 11.4 Å². The first-order chi connectivity index (χ1) is 16.6. The predicted molar refractivity (Wildman–Crippen MR) is 127 cm³/mol. The molecule has 1 aliphatic carbocycles. The van der Waals surface area contributed by atoms with E-state index in [1.165, 1.54) is 0 Å². The zero-order chi connectivity index (χ0) is 23.5. The van der Waals surface area contributed by atoms with Crippen molar-refractivity contribution in [1.82, 2.24) is 25.0 Å². The fraction of sp³-hybridized carbons (Fsp3) is 0.208. The second kappa shape index (κ2) is 9.26. The first-order valence-electron chi connectivity index (χ1n) is 11.0. The van der Waals surface area contributed by atoms with E-state index in [1.54, 1.807) is 59.4 Å². The molecule has 2 aromatic heterocycles. The molecule has 0 bridgehead atoms. The van der Waals surface area contributed by atoms with E-state index in [2.05, 4.69) is 30.9 Å². The van der Waals surface area contributed by atoms with Crippen molar-refractivity contribution in [3.05, 3.63) is 72.3 Å². The number of anilines is 4. The summed E-state index contributed by atoms with van der Waals surface area (Å²) in [5.74, 6) is -0.646. The maximum Gasteiger partial charge on any atom is 0.255 e. The van der Waals surface area contributed by atoms with Crippen molar-refractivity contribution < 1.29 is 9.18 Å². The molecule has 1 fully saturated rings. The number of carbonyl (C=O) groups excluding carboxylic acids is 1. The second-order valence-electron chi connectivity index (χ2n) is 8.16. The molecular formula is C24H23FN8O. The monoisotopic (exact) mass is 458 g/mol. The number of halogens is 1. The van der Waals surface area contributed by atoms with Gasteiger partial charge in [0.05, 0.1) is 29.8 Å². The number of para-hydroxylation sites is 2. The maximum absolute atomic E-state index is 14.4. The van der Waals surface area contributed by atoms with Gasteiger partial charge < -0.3 is 16.4 Å². The van der Waals surface area contributed by atoms with Crippen LogP contribution < -0.4 is 16.4 Å². The lowest BCUT2D eigenvalue weighted by Gasteiger charge is -2.09. The van der Waals surface area contributed by atoms with Gasteiger partial charge in [-0.25, -0.2) is 19.0 Å². The zero-order valence-electron chi connectivity index (χ0n) is 18.3. The van der Waals surface area contributed by atoms with Crippen molar-refractivity contribution in [2.24, 2.45) is 0 Å². The SMILES string of the molecule is Nc1ccccc1NC(=O)c1ccc(Nc2ncc(F)c(-c3cn(C4CCCC4)nn3)n2)cc1. The van der Waals surface area contributed by atoms with Gasteiger partial charge in [0, 0.05) is 11.3 Å². The summed E-state index contributed by atoms with van der Waals surface area (Å²) in [4.78, 5) is 20.8. The molecule has 172 valence electrons. The van der Waals surface area contributed by atoms with Crippen molar-refractivity contribution in [3.8, 4) is 11.4 Å². The van der Waals surface area contributed by atoms with E-state index in [4.69, 9.17) is 5.73 Å². The molecule has 2 aromatic carbocycles. The van der Waals surface area contributed by atoms with Crippen LogP contribution in [0.2, 0.25) is 0 Å². The van der Waals surface area contributed by atoms with E-state index in [0.717, 1.165) is 31.9 Å². The molecule has 0 atom stereocenters. The lowest BCUT2D eigenvalue weighted by atomic mass is 10.2. The van der Waals surface area contributed by atoms with Crippen LogP contribution in [-0.4, -0.2) is 30.9 Å². The van der Waals surface area contributed by atoms with Gasteiger partial charge in [-0.15, -0.1) is 5.10 Å². The van der Waals surface area contributed by atoms with E-state index < -0.39 is 5.82 Å².